The molecule has 10 heteroatoms. The summed E-state index contributed by atoms with van der Waals surface area (Å²) in [5.41, 5.74) is 0. The van der Waals surface area contributed by atoms with Crippen LogP contribution in [0.2, 0.25) is 0 Å². The van der Waals surface area contributed by atoms with Gasteiger partial charge in [-0.15, -0.1) is 0 Å². The summed E-state index contributed by atoms with van der Waals surface area (Å²) >= 11 is 0. The van der Waals surface area contributed by atoms with E-state index in [1.807, 2.05) is 33.3 Å². The third-order valence-corrected chi connectivity index (χ3v) is 16.2. The average molecular weight is 1130 g/mol. The summed E-state index contributed by atoms with van der Waals surface area (Å²) in [5, 5.41) is 3.04. The molecule has 464 valence electrons. The second-order valence-corrected chi connectivity index (χ2v) is 25.8. The molecule has 0 aliphatic heterocycles. The number of phosphoric acid groups is 1. The molecular formula is C69H131N2O7P. The number of ether oxygens (including phenoxy) is 1. The van der Waals surface area contributed by atoms with Crippen LogP contribution in [0.15, 0.2) is 48.6 Å². The molecule has 0 aromatic rings. The normalized spacial score (nSPS) is 13.9. The molecule has 0 saturated carbocycles. The molecule has 0 saturated heterocycles. The topological polar surface area (TPSA) is 114 Å². The van der Waals surface area contributed by atoms with Gasteiger partial charge in [0.25, 0.3) is 7.82 Å². The maximum absolute atomic E-state index is 13.6. The number of amides is 1. The Morgan fingerprint density at radius 1 is 0.443 bits per heavy atom. The molecule has 1 N–H and O–H groups in total. The van der Waals surface area contributed by atoms with Crippen LogP contribution in [-0.2, 0) is 27.9 Å². The molecule has 0 bridgehead atoms. The zero-order valence-electron chi connectivity index (χ0n) is 53.1. The molecule has 0 aromatic heterocycles. The van der Waals surface area contributed by atoms with Crippen molar-refractivity contribution in [3.05, 3.63) is 48.6 Å². The van der Waals surface area contributed by atoms with Gasteiger partial charge in [-0.05, 0) is 83.1 Å². The van der Waals surface area contributed by atoms with Gasteiger partial charge in [0.05, 0.1) is 33.8 Å². The van der Waals surface area contributed by atoms with Gasteiger partial charge in [-0.3, -0.25) is 14.2 Å². The minimum Gasteiger partial charge on any atom is -0.756 e. The first-order valence-electron chi connectivity index (χ1n) is 34.0. The van der Waals surface area contributed by atoms with Gasteiger partial charge < -0.3 is 28.5 Å². The van der Waals surface area contributed by atoms with Gasteiger partial charge in [0.1, 0.15) is 19.3 Å². The van der Waals surface area contributed by atoms with Gasteiger partial charge in [-0.1, -0.05) is 282 Å². The van der Waals surface area contributed by atoms with Gasteiger partial charge in [0.2, 0.25) is 5.91 Å². The number of likely N-dealkylation sites (N-methyl/N-ethyl adjacent to an activating group) is 1. The fourth-order valence-corrected chi connectivity index (χ4v) is 10.7. The molecule has 79 heavy (non-hydrogen) atoms. The molecule has 0 spiro atoms. The highest BCUT2D eigenvalue weighted by Gasteiger charge is 2.27. The Morgan fingerprint density at radius 2 is 0.772 bits per heavy atom. The number of nitrogens with zero attached hydrogens (tertiary/aromatic N) is 1. The van der Waals surface area contributed by atoms with Crippen molar-refractivity contribution in [2.75, 3.05) is 40.9 Å². The summed E-state index contributed by atoms with van der Waals surface area (Å²) < 4.78 is 30.3. The van der Waals surface area contributed by atoms with Crippen LogP contribution in [0.4, 0.5) is 0 Å². The van der Waals surface area contributed by atoms with E-state index in [-0.39, 0.29) is 31.5 Å². The number of nitrogens with one attached hydrogen (secondary N) is 1. The first-order valence-corrected chi connectivity index (χ1v) is 35.4. The SMILES string of the molecule is CCCCC/C=C/C=C/CCCCCCCCC(=O)OC(/C=C\CCCCCCCCCCC)C(COP(=O)([O-])OCC[N+](C)(C)C)NC(=O)CCCCCCCCCCCCCCCCCCC/C=C/CCCCCCCC. The lowest BCUT2D eigenvalue weighted by molar-refractivity contribution is -0.870. The van der Waals surface area contributed by atoms with Crippen LogP contribution >= 0.6 is 7.82 Å². The molecule has 0 aliphatic rings. The van der Waals surface area contributed by atoms with Crippen molar-refractivity contribution in [1.29, 1.82) is 0 Å². The zero-order valence-corrected chi connectivity index (χ0v) is 54.0. The summed E-state index contributed by atoms with van der Waals surface area (Å²) in [7, 11) is 1.19. The first-order chi connectivity index (χ1) is 38.4. The molecular weight excluding hydrogens is 1000 g/mol. The standard InChI is InChI=1S/C69H131N2O7P/c1-7-10-13-16-19-22-25-27-29-30-31-32-33-34-35-36-37-38-39-40-42-43-46-49-52-55-58-61-68(72)70-66(65-77-79(74,75)76-64-63-71(4,5)6)67(60-57-54-51-48-45-24-21-18-15-12-9-3)78-69(73)62-59-56-53-50-47-44-41-28-26-23-20-17-14-11-8-2/h20,23,26-29,57,60,66-67H,7-19,21-22,24-25,30-56,58-59,61-65H2,1-6H3,(H-,70,72,74,75)/b23-20+,28-26+,29-27+,60-57-. The monoisotopic (exact) mass is 1130 g/mol. The third kappa shape index (κ3) is 60.4. The van der Waals surface area contributed by atoms with E-state index in [1.54, 1.807) is 0 Å². The van der Waals surface area contributed by atoms with Gasteiger partial charge in [0.15, 0.2) is 0 Å². The number of phosphoric ester groups is 1. The lowest BCUT2D eigenvalue weighted by Crippen LogP contribution is -2.47. The number of hydrogen-bond donors (Lipinski definition) is 1. The highest BCUT2D eigenvalue weighted by atomic mass is 31.2. The van der Waals surface area contributed by atoms with Crippen LogP contribution < -0.4 is 10.2 Å². The van der Waals surface area contributed by atoms with Crippen molar-refractivity contribution in [3.63, 3.8) is 0 Å². The molecule has 3 unspecified atom stereocenters. The second kappa shape index (κ2) is 59.1. The van der Waals surface area contributed by atoms with Crippen LogP contribution in [0, 0.1) is 0 Å². The molecule has 0 heterocycles. The summed E-state index contributed by atoms with van der Waals surface area (Å²) in [5.74, 6) is -0.543. The van der Waals surface area contributed by atoms with Crippen LogP contribution in [0.1, 0.15) is 329 Å². The van der Waals surface area contributed by atoms with E-state index < -0.39 is 20.0 Å². The summed E-state index contributed by atoms with van der Waals surface area (Å²) in [4.78, 5) is 40.0. The zero-order chi connectivity index (χ0) is 57.9. The van der Waals surface area contributed by atoms with E-state index in [2.05, 4.69) is 62.5 Å². The minimum atomic E-state index is -4.70. The fraction of sp³-hybridized carbons (Fsp3) is 0.855. The maximum atomic E-state index is 13.6. The van der Waals surface area contributed by atoms with Crippen molar-refractivity contribution in [3.8, 4) is 0 Å². The van der Waals surface area contributed by atoms with Crippen molar-refractivity contribution >= 4 is 19.7 Å². The lowest BCUT2D eigenvalue weighted by Gasteiger charge is -2.30. The van der Waals surface area contributed by atoms with Crippen molar-refractivity contribution < 1.29 is 37.3 Å². The number of quaternary nitrogens is 1. The number of allylic oxidation sites excluding steroid dienone is 7. The van der Waals surface area contributed by atoms with E-state index >= 15 is 0 Å². The highest BCUT2D eigenvalue weighted by Crippen LogP contribution is 2.38. The first kappa shape index (κ1) is 77.0. The van der Waals surface area contributed by atoms with Crippen molar-refractivity contribution in [1.82, 2.24) is 5.32 Å². The molecule has 1 amide bonds. The van der Waals surface area contributed by atoms with E-state index in [0.29, 0.717) is 17.4 Å². The highest BCUT2D eigenvalue weighted by molar-refractivity contribution is 7.45. The molecule has 0 aliphatic carbocycles. The van der Waals surface area contributed by atoms with Gasteiger partial charge >= 0.3 is 5.97 Å². The Balaban J connectivity index is 4.97. The molecule has 0 radical (unpaired) electrons. The Labute approximate surface area is 490 Å². The summed E-state index contributed by atoms with van der Waals surface area (Å²) in [6, 6.07) is -0.891. The molecule has 0 aromatic carbocycles. The molecule has 3 atom stereocenters. The summed E-state index contributed by atoms with van der Waals surface area (Å²) in [6.07, 6.45) is 73.8. The summed E-state index contributed by atoms with van der Waals surface area (Å²) in [6.45, 7) is 6.83. The number of hydrogen-bond acceptors (Lipinski definition) is 7. The van der Waals surface area contributed by atoms with Crippen molar-refractivity contribution in [2.24, 2.45) is 0 Å². The number of esters is 1. The molecule has 0 fully saturated rings. The molecule has 9 nitrogen and oxygen atoms in total. The quantitative estimate of drug-likeness (QED) is 0.0161. The van der Waals surface area contributed by atoms with E-state index in [0.717, 1.165) is 77.0 Å². The van der Waals surface area contributed by atoms with Crippen LogP contribution in [-0.4, -0.2) is 69.4 Å². The largest absolute Gasteiger partial charge is 0.756 e. The predicted molar refractivity (Wildman–Crippen MR) is 339 cm³/mol. The average Bonchev–Trinajstić information content (AvgIpc) is 3.41. The van der Waals surface area contributed by atoms with Crippen molar-refractivity contribution in [2.45, 2.75) is 341 Å². The number of rotatable bonds is 62. The maximum Gasteiger partial charge on any atom is 0.306 e. The Morgan fingerprint density at radius 3 is 1.18 bits per heavy atom. The fourth-order valence-electron chi connectivity index (χ4n) is 9.98. The Kier molecular flexibility index (Phi) is 57.6. The third-order valence-electron chi connectivity index (χ3n) is 15.3. The van der Waals surface area contributed by atoms with E-state index in [9.17, 15) is 19.0 Å². The minimum absolute atomic E-state index is 0.0232. The van der Waals surface area contributed by atoms with E-state index in [4.69, 9.17) is 13.8 Å². The number of carbonyl (C=O) groups is 2. The Hall–Kier alpha value is -2.03. The number of carbonyl (C=O) groups excluding carboxylic acids is 2. The predicted octanol–water partition coefficient (Wildman–Crippen LogP) is 20.6. The second-order valence-electron chi connectivity index (χ2n) is 24.4. The lowest BCUT2D eigenvalue weighted by atomic mass is 10.0. The molecule has 0 rings (SSSR count). The van der Waals surface area contributed by atoms with E-state index in [1.165, 1.54) is 218 Å². The smallest absolute Gasteiger partial charge is 0.306 e. The Bertz CT molecular complexity index is 1490. The van der Waals surface area contributed by atoms with Crippen LogP contribution in [0.3, 0.4) is 0 Å². The van der Waals surface area contributed by atoms with Gasteiger partial charge in [0, 0.05) is 12.8 Å². The number of unbranched alkanes of at least 4 members (excludes halogenated alkanes) is 41. The van der Waals surface area contributed by atoms with Gasteiger partial charge in [-0.2, -0.15) is 0 Å². The van der Waals surface area contributed by atoms with Crippen LogP contribution in [0.5, 0.6) is 0 Å². The van der Waals surface area contributed by atoms with Gasteiger partial charge in [-0.25, -0.2) is 0 Å². The van der Waals surface area contributed by atoms with Crippen LogP contribution in [0.25, 0.3) is 0 Å².